The summed E-state index contributed by atoms with van der Waals surface area (Å²) in [5.41, 5.74) is 0.615. The zero-order valence-electron chi connectivity index (χ0n) is 17.5. The molecule has 0 aromatic heterocycles. The highest BCUT2D eigenvalue weighted by Crippen LogP contribution is 2.30. The van der Waals surface area contributed by atoms with E-state index in [-0.39, 0.29) is 11.6 Å². The van der Waals surface area contributed by atoms with Gasteiger partial charge in [-0.25, -0.2) is 12.8 Å². The van der Waals surface area contributed by atoms with Crippen LogP contribution in [0, 0.1) is 5.82 Å². The predicted molar refractivity (Wildman–Crippen MR) is 127 cm³/mol. The van der Waals surface area contributed by atoms with Crippen LogP contribution in [0.25, 0.3) is 0 Å². The number of amides is 1. The van der Waals surface area contributed by atoms with Crippen LogP contribution in [0.1, 0.15) is 36.5 Å². The average molecular weight is 496 g/mol. The average Bonchev–Trinajstić information content (AvgIpc) is 3.21. The lowest BCUT2D eigenvalue weighted by Gasteiger charge is -2.26. The van der Waals surface area contributed by atoms with Gasteiger partial charge in [0.2, 0.25) is 10.0 Å². The molecule has 2 aromatic rings. The summed E-state index contributed by atoms with van der Waals surface area (Å²) in [7, 11) is -4.04. The minimum absolute atomic E-state index is 0.0425. The second-order valence-corrected chi connectivity index (χ2v) is 11.1. The van der Waals surface area contributed by atoms with Crippen LogP contribution >= 0.6 is 23.4 Å². The van der Waals surface area contributed by atoms with E-state index in [2.05, 4.69) is 4.99 Å². The lowest BCUT2D eigenvalue weighted by molar-refractivity contribution is 0.100. The molecule has 6 nitrogen and oxygen atoms in total. The Labute approximate surface area is 196 Å². The Morgan fingerprint density at radius 1 is 1.16 bits per heavy atom. The van der Waals surface area contributed by atoms with Gasteiger partial charge in [-0.15, -0.1) is 0 Å². The number of carbonyl (C=O) groups is 1. The van der Waals surface area contributed by atoms with E-state index in [1.54, 1.807) is 24.3 Å². The Morgan fingerprint density at radius 2 is 1.84 bits per heavy atom. The minimum atomic E-state index is -4.04. The largest absolute Gasteiger partial charge is 0.268 e. The van der Waals surface area contributed by atoms with E-state index in [0.717, 1.165) is 37.1 Å². The van der Waals surface area contributed by atoms with Gasteiger partial charge in [-0.1, -0.05) is 29.8 Å². The Kier molecular flexibility index (Phi) is 6.90. The molecule has 0 saturated carbocycles. The summed E-state index contributed by atoms with van der Waals surface area (Å²) in [5, 5.41) is 1.03. The van der Waals surface area contributed by atoms with Crippen LogP contribution in [0.5, 0.6) is 0 Å². The van der Waals surface area contributed by atoms with Crippen molar-refractivity contribution in [3.63, 3.8) is 0 Å². The van der Waals surface area contributed by atoms with Crippen LogP contribution in [0.15, 0.2) is 52.4 Å². The molecular formula is C22H23ClFN3O3S2. The van der Waals surface area contributed by atoms with Crippen molar-refractivity contribution in [2.45, 2.75) is 37.1 Å². The van der Waals surface area contributed by atoms with E-state index in [9.17, 15) is 17.6 Å². The molecule has 1 fully saturated rings. The van der Waals surface area contributed by atoms with Crippen LogP contribution in [0.4, 0.5) is 10.1 Å². The maximum atomic E-state index is 14.6. The minimum Gasteiger partial charge on any atom is -0.268 e. The number of rotatable bonds is 4. The Hall–Kier alpha value is -1.94. The number of hydrogen-bond donors (Lipinski definition) is 0. The topological polar surface area (TPSA) is 70.1 Å². The Morgan fingerprint density at radius 3 is 2.47 bits per heavy atom. The van der Waals surface area contributed by atoms with E-state index < -0.39 is 26.6 Å². The fourth-order valence-electron chi connectivity index (χ4n) is 3.69. The zero-order valence-corrected chi connectivity index (χ0v) is 19.9. The summed E-state index contributed by atoms with van der Waals surface area (Å²) in [6.07, 6.45) is 2.42. The van der Waals surface area contributed by atoms with Gasteiger partial charge in [0.25, 0.3) is 5.91 Å². The molecule has 0 radical (unpaired) electrons. The van der Waals surface area contributed by atoms with E-state index >= 15 is 0 Å². The van der Waals surface area contributed by atoms with Crippen molar-refractivity contribution >= 4 is 50.1 Å². The standard InChI is InChI=1S/C22H23ClFN3O3S2/c1-15-14-31-22(25-15)27(18-8-6-17(23)7-9-18)21(28)16-5-10-19(24)20(13-16)32(29,30)26-11-3-2-4-12-26/h5-10,13,15H,2-4,11-12,14H2,1H3/t15-/m1/s1. The van der Waals surface area contributed by atoms with Crippen molar-refractivity contribution in [2.75, 3.05) is 23.7 Å². The summed E-state index contributed by atoms with van der Waals surface area (Å²) in [6, 6.07) is 10.2. The molecule has 0 N–H and O–H groups in total. The van der Waals surface area contributed by atoms with Crippen molar-refractivity contribution < 1.29 is 17.6 Å². The van der Waals surface area contributed by atoms with Gasteiger partial charge in [-0.2, -0.15) is 4.31 Å². The Bertz CT molecular complexity index is 1150. The van der Waals surface area contributed by atoms with Crippen LogP contribution in [0.2, 0.25) is 5.02 Å². The predicted octanol–water partition coefficient (Wildman–Crippen LogP) is 4.79. The van der Waals surface area contributed by atoms with Crippen LogP contribution in [-0.4, -0.2) is 48.7 Å². The fourth-order valence-corrected chi connectivity index (χ4v) is 6.46. The summed E-state index contributed by atoms with van der Waals surface area (Å²) < 4.78 is 42.1. The number of thioether (sulfide) groups is 1. The molecule has 170 valence electrons. The SMILES string of the molecule is C[C@@H]1CSC(N(C(=O)c2ccc(F)c(S(=O)(=O)N3CCCCC3)c2)c2ccc(Cl)cc2)=N1. The number of aliphatic imine (C=N–C) groups is 1. The number of anilines is 1. The highest BCUT2D eigenvalue weighted by Gasteiger charge is 2.32. The van der Waals surface area contributed by atoms with Crippen LogP contribution in [-0.2, 0) is 10.0 Å². The first-order valence-corrected chi connectivity index (χ1v) is 13.2. The monoisotopic (exact) mass is 495 g/mol. The number of amidine groups is 1. The number of benzene rings is 2. The van der Waals surface area contributed by atoms with Gasteiger partial charge in [0.15, 0.2) is 5.17 Å². The zero-order chi connectivity index (χ0) is 22.9. The van der Waals surface area contributed by atoms with Gasteiger partial charge in [0.1, 0.15) is 10.7 Å². The third kappa shape index (κ3) is 4.71. The molecule has 0 bridgehead atoms. The van der Waals surface area contributed by atoms with Gasteiger partial charge in [-0.05, 0) is 62.2 Å². The normalized spacial score (nSPS) is 19.6. The first-order valence-electron chi connectivity index (χ1n) is 10.4. The molecular weight excluding hydrogens is 473 g/mol. The van der Waals surface area contributed by atoms with E-state index in [0.29, 0.717) is 29.0 Å². The lowest BCUT2D eigenvalue weighted by atomic mass is 10.2. The van der Waals surface area contributed by atoms with Crippen LogP contribution < -0.4 is 4.90 Å². The number of halogens is 2. The van der Waals surface area contributed by atoms with Crippen molar-refractivity contribution in [1.29, 1.82) is 0 Å². The lowest BCUT2D eigenvalue weighted by Crippen LogP contribution is -2.37. The molecule has 10 heteroatoms. The molecule has 1 saturated heterocycles. The first-order chi connectivity index (χ1) is 15.3. The molecule has 1 atom stereocenters. The number of carbonyl (C=O) groups excluding carboxylic acids is 1. The fraction of sp³-hybridized carbons (Fsp3) is 0.364. The summed E-state index contributed by atoms with van der Waals surface area (Å²) in [6.45, 7) is 2.65. The van der Waals surface area contributed by atoms with Crippen molar-refractivity contribution in [1.82, 2.24) is 4.31 Å². The molecule has 32 heavy (non-hydrogen) atoms. The number of piperidine rings is 1. The van der Waals surface area contributed by atoms with Gasteiger partial charge < -0.3 is 0 Å². The summed E-state index contributed by atoms with van der Waals surface area (Å²) in [4.78, 5) is 19.1. The molecule has 0 aliphatic carbocycles. The van der Waals surface area contributed by atoms with Gasteiger partial charge in [0.05, 0.1) is 11.7 Å². The molecule has 2 aromatic carbocycles. The smallest absolute Gasteiger partial charge is 0.264 e. The molecule has 0 unspecified atom stereocenters. The second-order valence-electron chi connectivity index (χ2n) is 7.80. The van der Waals surface area contributed by atoms with Crippen LogP contribution in [0.3, 0.4) is 0 Å². The second kappa shape index (κ2) is 9.51. The number of hydrogen-bond acceptors (Lipinski definition) is 5. The van der Waals surface area contributed by atoms with Gasteiger partial charge in [0, 0.05) is 29.4 Å². The maximum Gasteiger partial charge on any atom is 0.264 e. The number of nitrogens with zero attached hydrogens (tertiary/aromatic N) is 3. The van der Waals surface area contributed by atoms with Crippen molar-refractivity contribution in [2.24, 2.45) is 4.99 Å². The highest BCUT2D eigenvalue weighted by atomic mass is 35.5. The molecule has 0 spiro atoms. The van der Waals surface area contributed by atoms with Gasteiger partial charge >= 0.3 is 0 Å². The van der Waals surface area contributed by atoms with Gasteiger partial charge in [-0.3, -0.25) is 14.7 Å². The van der Waals surface area contributed by atoms with E-state index in [1.165, 1.54) is 27.0 Å². The quantitative estimate of drug-likeness (QED) is 0.611. The van der Waals surface area contributed by atoms with E-state index in [1.807, 2.05) is 6.92 Å². The third-order valence-corrected chi connectivity index (χ3v) is 8.74. The molecule has 2 aliphatic rings. The van der Waals surface area contributed by atoms with E-state index in [4.69, 9.17) is 11.6 Å². The molecule has 1 amide bonds. The van der Waals surface area contributed by atoms with Crippen molar-refractivity contribution in [3.05, 3.63) is 58.9 Å². The maximum absolute atomic E-state index is 14.6. The highest BCUT2D eigenvalue weighted by molar-refractivity contribution is 8.14. The number of sulfonamides is 1. The Balaban J connectivity index is 1.74. The molecule has 4 rings (SSSR count). The summed E-state index contributed by atoms with van der Waals surface area (Å²) in [5.74, 6) is -0.626. The molecule has 2 aliphatic heterocycles. The first kappa shape index (κ1) is 23.2. The van der Waals surface area contributed by atoms with Crippen molar-refractivity contribution in [3.8, 4) is 0 Å². The summed E-state index contributed by atoms with van der Waals surface area (Å²) >= 11 is 7.44. The third-order valence-electron chi connectivity index (χ3n) is 5.37. The molecule has 2 heterocycles.